The molecule has 2 amide bonds. The first-order valence-corrected chi connectivity index (χ1v) is 14.3. The number of nitrogens with one attached hydrogen (secondary N) is 3. The van der Waals surface area contributed by atoms with Crippen molar-refractivity contribution in [2.24, 2.45) is 5.10 Å². The summed E-state index contributed by atoms with van der Waals surface area (Å²) in [5, 5.41) is 20.4. The molecule has 0 bridgehead atoms. The molecule has 11 nitrogen and oxygen atoms in total. The number of aliphatic hydroxyl groups excluding tert-OH is 1. The molecule has 0 saturated carbocycles. The minimum absolute atomic E-state index is 0.180. The number of hydrogen-bond acceptors (Lipinski definition) is 9. The van der Waals surface area contributed by atoms with E-state index in [1.165, 1.54) is 13.3 Å². The van der Waals surface area contributed by atoms with Gasteiger partial charge in [-0.2, -0.15) is 5.10 Å². The predicted octanol–water partition coefficient (Wildman–Crippen LogP) is 5.09. The van der Waals surface area contributed by atoms with Crippen LogP contribution in [0.4, 0.5) is 4.79 Å². The number of carbonyl (C=O) groups excluding carboxylic acids is 2. The zero-order valence-electron chi connectivity index (χ0n) is 24.2. The van der Waals surface area contributed by atoms with Crippen molar-refractivity contribution in [3.05, 3.63) is 98.7 Å². The van der Waals surface area contributed by atoms with Gasteiger partial charge in [0.15, 0.2) is 23.5 Å². The Morgan fingerprint density at radius 1 is 1.07 bits per heavy atom. The van der Waals surface area contributed by atoms with Gasteiger partial charge in [0.05, 0.1) is 41.6 Å². The molecule has 1 heterocycles. The van der Waals surface area contributed by atoms with Gasteiger partial charge in [-0.3, -0.25) is 5.43 Å². The van der Waals surface area contributed by atoms with Crippen LogP contribution in [-0.4, -0.2) is 49.9 Å². The summed E-state index contributed by atoms with van der Waals surface area (Å²) in [6, 6.07) is 16.7. The third-order valence-corrected chi connectivity index (χ3v) is 6.92. The SMILES string of the molecule is CCOc1cc([C@H]2NC(=O)NC(C)=C2C(=O)OC)ccc1OC[C@@H](O)N/N=C\c1cc(Cl)c(OCc2ccccc2)c(Cl)c1. The summed E-state index contributed by atoms with van der Waals surface area (Å²) in [7, 11) is 1.27. The molecule has 13 heteroatoms. The van der Waals surface area contributed by atoms with Gasteiger partial charge >= 0.3 is 12.0 Å². The smallest absolute Gasteiger partial charge is 0.337 e. The number of methoxy groups -OCH3 is 1. The fraction of sp³-hybridized carbons (Fsp3) is 0.258. The van der Waals surface area contributed by atoms with Crippen molar-refractivity contribution in [3.63, 3.8) is 0 Å². The molecule has 232 valence electrons. The highest BCUT2D eigenvalue weighted by molar-refractivity contribution is 6.37. The van der Waals surface area contributed by atoms with Gasteiger partial charge < -0.3 is 34.7 Å². The third kappa shape index (κ3) is 8.34. The van der Waals surface area contributed by atoms with Crippen LogP contribution in [0.3, 0.4) is 0 Å². The van der Waals surface area contributed by atoms with E-state index in [-0.39, 0.29) is 12.2 Å². The quantitative estimate of drug-likeness (QED) is 0.0875. The lowest BCUT2D eigenvalue weighted by Gasteiger charge is -2.28. The van der Waals surface area contributed by atoms with Gasteiger partial charge in [0.25, 0.3) is 0 Å². The second kappa shape index (κ2) is 15.3. The number of esters is 1. The molecule has 1 aliphatic rings. The van der Waals surface area contributed by atoms with Crippen LogP contribution in [0.2, 0.25) is 10.0 Å². The van der Waals surface area contributed by atoms with Crippen molar-refractivity contribution in [1.82, 2.24) is 16.1 Å². The van der Waals surface area contributed by atoms with Crippen LogP contribution < -0.4 is 30.3 Å². The molecule has 2 atom stereocenters. The zero-order chi connectivity index (χ0) is 31.6. The normalized spacial score (nSPS) is 15.3. The molecular formula is C31H32Cl2N4O7. The van der Waals surface area contributed by atoms with Crippen molar-refractivity contribution >= 4 is 41.4 Å². The van der Waals surface area contributed by atoms with E-state index in [9.17, 15) is 14.7 Å². The minimum Gasteiger partial charge on any atom is -0.490 e. The molecule has 4 rings (SSSR count). The van der Waals surface area contributed by atoms with Gasteiger partial charge in [-0.1, -0.05) is 59.6 Å². The van der Waals surface area contributed by atoms with E-state index in [4.69, 9.17) is 42.1 Å². The van der Waals surface area contributed by atoms with Crippen molar-refractivity contribution in [1.29, 1.82) is 0 Å². The van der Waals surface area contributed by atoms with Crippen LogP contribution >= 0.6 is 23.2 Å². The van der Waals surface area contributed by atoms with E-state index in [1.807, 2.05) is 30.3 Å². The Balaban J connectivity index is 1.37. The zero-order valence-corrected chi connectivity index (χ0v) is 25.7. The van der Waals surface area contributed by atoms with E-state index in [0.29, 0.717) is 57.3 Å². The largest absolute Gasteiger partial charge is 0.490 e. The van der Waals surface area contributed by atoms with Gasteiger partial charge in [0.2, 0.25) is 0 Å². The second-order valence-corrected chi connectivity index (χ2v) is 10.3. The van der Waals surface area contributed by atoms with Crippen molar-refractivity contribution in [2.45, 2.75) is 32.7 Å². The second-order valence-electron chi connectivity index (χ2n) is 9.50. The van der Waals surface area contributed by atoms with Crippen molar-refractivity contribution in [2.75, 3.05) is 20.3 Å². The first-order valence-electron chi connectivity index (χ1n) is 13.6. The fourth-order valence-electron chi connectivity index (χ4n) is 4.34. The number of benzene rings is 3. The minimum atomic E-state index is -1.18. The Labute approximate surface area is 264 Å². The van der Waals surface area contributed by atoms with Crippen LogP contribution in [0.15, 0.2) is 77.0 Å². The molecule has 4 N–H and O–H groups in total. The van der Waals surface area contributed by atoms with Gasteiger partial charge in [-0.05, 0) is 54.8 Å². The number of aliphatic hydroxyl groups is 1. The number of ether oxygens (including phenoxy) is 4. The van der Waals surface area contributed by atoms with E-state index in [2.05, 4.69) is 21.2 Å². The van der Waals surface area contributed by atoms with E-state index in [1.54, 1.807) is 44.2 Å². The third-order valence-electron chi connectivity index (χ3n) is 6.36. The molecule has 0 aliphatic carbocycles. The molecule has 0 spiro atoms. The maximum absolute atomic E-state index is 12.4. The highest BCUT2D eigenvalue weighted by atomic mass is 35.5. The number of carbonyl (C=O) groups is 2. The molecular weight excluding hydrogens is 611 g/mol. The summed E-state index contributed by atoms with van der Waals surface area (Å²) in [6.45, 7) is 3.88. The maximum Gasteiger partial charge on any atom is 0.337 e. The summed E-state index contributed by atoms with van der Waals surface area (Å²) >= 11 is 12.8. The monoisotopic (exact) mass is 642 g/mol. The fourth-order valence-corrected chi connectivity index (χ4v) is 4.95. The summed E-state index contributed by atoms with van der Waals surface area (Å²) in [5.41, 5.74) is 5.37. The van der Waals surface area contributed by atoms with Gasteiger partial charge in [0, 0.05) is 5.70 Å². The average Bonchev–Trinajstić information content (AvgIpc) is 3.00. The Morgan fingerprint density at radius 3 is 2.48 bits per heavy atom. The molecule has 0 saturated heterocycles. The first kappa shape index (κ1) is 32.5. The molecule has 44 heavy (non-hydrogen) atoms. The number of hydrazone groups is 1. The first-order chi connectivity index (χ1) is 21.2. The van der Waals surface area contributed by atoms with Gasteiger partial charge in [-0.25, -0.2) is 9.59 Å². The summed E-state index contributed by atoms with van der Waals surface area (Å²) in [6.07, 6.45) is 0.268. The van der Waals surface area contributed by atoms with Crippen LogP contribution in [0, 0.1) is 0 Å². The molecule has 3 aromatic rings. The Bertz CT molecular complexity index is 1530. The standard InChI is InChI=1S/C31H32Cl2N4O7/c1-4-42-25-14-21(28-27(30(39)41-3)18(2)35-31(40)36-28)10-11-24(25)43-17-26(38)37-34-15-20-12-22(32)29(23(33)13-20)44-16-19-8-6-5-7-9-19/h5-15,26,28,37-38H,4,16-17H2,1-3H3,(H2,35,36,40)/b34-15-/t26-,28-/m1/s1. The highest BCUT2D eigenvalue weighted by Crippen LogP contribution is 2.36. The average molecular weight is 644 g/mol. The molecule has 0 fully saturated rings. The topological polar surface area (TPSA) is 140 Å². The number of nitrogens with zero attached hydrogens (tertiary/aromatic N) is 1. The lowest BCUT2D eigenvalue weighted by molar-refractivity contribution is -0.136. The molecule has 0 radical (unpaired) electrons. The number of amides is 2. The summed E-state index contributed by atoms with van der Waals surface area (Å²) < 4.78 is 22.2. The van der Waals surface area contributed by atoms with Gasteiger partial charge in [0.1, 0.15) is 13.2 Å². The summed E-state index contributed by atoms with van der Waals surface area (Å²) in [4.78, 5) is 24.6. The summed E-state index contributed by atoms with van der Waals surface area (Å²) in [5.74, 6) is 0.479. The lowest BCUT2D eigenvalue weighted by atomic mass is 9.95. The van der Waals surface area contributed by atoms with E-state index < -0.39 is 24.3 Å². The predicted molar refractivity (Wildman–Crippen MR) is 166 cm³/mol. The Morgan fingerprint density at radius 2 is 1.80 bits per heavy atom. The lowest BCUT2D eigenvalue weighted by Crippen LogP contribution is -2.45. The van der Waals surface area contributed by atoms with Crippen LogP contribution in [-0.2, 0) is 16.1 Å². The van der Waals surface area contributed by atoms with Crippen molar-refractivity contribution in [3.8, 4) is 17.2 Å². The van der Waals surface area contributed by atoms with E-state index >= 15 is 0 Å². The van der Waals surface area contributed by atoms with Crippen LogP contribution in [0.5, 0.6) is 17.2 Å². The molecule has 1 aliphatic heterocycles. The van der Waals surface area contributed by atoms with Crippen molar-refractivity contribution < 1.29 is 33.6 Å². The molecule has 0 unspecified atom stereocenters. The number of halogens is 2. The van der Waals surface area contributed by atoms with E-state index in [0.717, 1.165) is 5.56 Å². The highest BCUT2D eigenvalue weighted by Gasteiger charge is 2.32. The Kier molecular flexibility index (Phi) is 11.3. The van der Waals surface area contributed by atoms with Crippen LogP contribution in [0.25, 0.3) is 0 Å². The maximum atomic E-state index is 12.4. The van der Waals surface area contributed by atoms with Gasteiger partial charge in [-0.15, -0.1) is 0 Å². The molecule has 3 aromatic carbocycles. The number of urea groups is 1. The van der Waals surface area contributed by atoms with Crippen LogP contribution in [0.1, 0.15) is 36.6 Å². The molecule has 0 aromatic heterocycles. The Hall–Kier alpha value is -4.45. The number of rotatable bonds is 13. The number of hydrogen-bond donors (Lipinski definition) is 4. The number of allylic oxidation sites excluding steroid dienone is 1.